The molecule has 2 heterocycles. The van der Waals surface area contributed by atoms with Crippen molar-refractivity contribution >= 4 is 11.0 Å². The Morgan fingerprint density at radius 3 is 3.00 bits per heavy atom. The van der Waals surface area contributed by atoms with E-state index >= 15 is 0 Å². The Hall–Kier alpha value is -2.17. The van der Waals surface area contributed by atoms with Crippen molar-refractivity contribution in [3.05, 3.63) is 54.1 Å². The van der Waals surface area contributed by atoms with Crippen LogP contribution >= 0.6 is 0 Å². The lowest BCUT2D eigenvalue weighted by Gasteiger charge is -2.10. The van der Waals surface area contributed by atoms with Crippen LogP contribution in [0.1, 0.15) is 18.4 Å². The van der Waals surface area contributed by atoms with E-state index in [4.69, 9.17) is 9.47 Å². The summed E-state index contributed by atoms with van der Waals surface area (Å²) in [4.78, 5) is 8.02. The Balaban J connectivity index is 1.46. The second kappa shape index (κ2) is 6.52. The standard InChI is InChI=1S/C19H20N2O2/c1-2-9-18-17(8-1)20-19(21-18)15-6-3-5-14(11-15)12-22-13-16-7-4-10-23-16/h1-3,5-6,8-9,11,16H,4,7,10,12-13H2,(H,20,21). The van der Waals surface area contributed by atoms with Crippen molar-refractivity contribution in [2.75, 3.05) is 13.2 Å². The van der Waals surface area contributed by atoms with Crippen molar-refractivity contribution < 1.29 is 9.47 Å². The van der Waals surface area contributed by atoms with Crippen LogP contribution in [-0.4, -0.2) is 29.3 Å². The van der Waals surface area contributed by atoms with E-state index in [-0.39, 0.29) is 6.10 Å². The first kappa shape index (κ1) is 14.4. The summed E-state index contributed by atoms with van der Waals surface area (Å²) in [5.41, 5.74) is 4.28. The molecule has 23 heavy (non-hydrogen) atoms. The molecule has 1 N–H and O–H groups in total. The lowest BCUT2D eigenvalue weighted by atomic mass is 10.1. The summed E-state index contributed by atoms with van der Waals surface area (Å²) in [5.74, 6) is 0.896. The number of aromatic amines is 1. The molecule has 2 aromatic carbocycles. The van der Waals surface area contributed by atoms with Crippen molar-refractivity contribution in [2.45, 2.75) is 25.6 Å². The van der Waals surface area contributed by atoms with E-state index in [1.54, 1.807) is 0 Å². The Kier molecular flexibility index (Phi) is 4.09. The van der Waals surface area contributed by atoms with Crippen molar-refractivity contribution in [1.82, 2.24) is 9.97 Å². The van der Waals surface area contributed by atoms with Gasteiger partial charge in [0.2, 0.25) is 0 Å². The molecule has 0 amide bonds. The van der Waals surface area contributed by atoms with E-state index in [0.717, 1.165) is 47.4 Å². The first-order chi connectivity index (χ1) is 11.4. The predicted molar refractivity (Wildman–Crippen MR) is 90.2 cm³/mol. The molecule has 1 unspecified atom stereocenters. The third-order valence-corrected chi connectivity index (χ3v) is 4.19. The highest BCUT2D eigenvalue weighted by Crippen LogP contribution is 2.21. The maximum absolute atomic E-state index is 5.80. The van der Waals surface area contributed by atoms with E-state index in [2.05, 4.69) is 28.2 Å². The van der Waals surface area contributed by atoms with Gasteiger partial charge < -0.3 is 14.5 Å². The number of imidazole rings is 1. The monoisotopic (exact) mass is 308 g/mol. The van der Waals surface area contributed by atoms with Crippen LogP contribution in [0.5, 0.6) is 0 Å². The maximum atomic E-state index is 5.80. The zero-order valence-electron chi connectivity index (χ0n) is 13.0. The van der Waals surface area contributed by atoms with E-state index in [9.17, 15) is 0 Å². The van der Waals surface area contributed by atoms with Crippen molar-refractivity contribution in [2.24, 2.45) is 0 Å². The van der Waals surface area contributed by atoms with Gasteiger partial charge in [0.1, 0.15) is 5.82 Å². The average molecular weight is 308 g/mol. The minimum absolute atomic E-state index is 0.272. The quantitative estimate of drug-likeness (QED) is 0.777. The Morgan fingerprint density at radius 2 is 2.13 bits per heavy atom. The number of para-hydroxylation sites is 2. The largest absolute Gasteiger partial charge is 0.376 e. The molecule has 118 valence electrons. The molecule has 0 aliphatic carbocycles. The van der Waals surface area contributed by atoms with Crippen molar-refractivity contribution in [3.63, 3.8) is 0 Å². The minimum Gasteiger partial charge on any atom is -0.376 e. The lowest BCUT2D eigenvalue weighted by molar-refractivity contribution is 0.0106. The highest BCUT2D eigenvalue weighted by atomic mass is 16.5. The van der Waals surface area contributed by atoms with E-state index in [0.29, 0.717) is 13.2 Å². The first-order valence-corrected chi connectivity index (χ1v) is 8.12. The van der Waals surface area contributed by atoms with Gasteiger partial charge in [-0.15, -0.1) is 0 Å². The molecule has 4 rings (SSSR count). The van der Waals surface area contributed by atoms with Crippen molar-refractivity contribution in [1.29, 1.82) is 0 Å². The topological polar surface area (TPSA) is 47.1 Å². The number of H-pyrrole nitrogens is 1. The molecule has 1 aliphatic rings. The maximum Gasteiger partial charge on any atom is 0.138 e. The number of rotatable bonds is 5. The predicted octanol–water partition coefficient (Wildman–Crippen LogP) is 3.93. The fourth-order valence-electron chi connectivity index (χ4n) is 2.98. The Labute approximate surface area is 135 Å². The highest BCUT2D eigenvalue weighted by Gasteiger charge is 2.15. The number of ether oxygens (including phenoxy) is 2. The number of hydrogen-bond acceptors (Lipinski definition) is 3. The third kappa shape index (κ3) is 3.28. The fraction of sp³-hybridized carbons (Fsp3) is 0.316. The minimum atomic E-state index is 0.272. The zero-order chi connectivity index (χ0) is 15.5. The van der Waals surface area contributed by atoms with Gasteiger partial charge in [-0.2, -0.15) is 0 Å². The second-order valence-corrected chi connectivity index (χ2v) is 5.95. The summed E-state index contributed by atoms with van der Waals surface area (Å²) in [5, 5.41) is 0. The van der Waals surface area contributed by atoms with Crippen LogP contribution in [0.25, 0.3) is 22.4 Å². The van der Waals surface area contributed by atoms with Gasteiger partial charge >= 0.3 is 0 Å². The van der Waals surface area contributed by atoms with Gasteiger partial charge in [0.25, 0.3) is 0 Å². The van der Waals surface area contributed by atoms with Crippen LogP contribution in [0.2, 0.25) is 0 Å². The second-order valence-electron chi connectivity index (χ2n) is 5.95. The van der Waals surface area contributed by atoms with Gasteiger partial charge in [-0.05, 0) is 36.6 Å². The summed E-state index contributed by atoms with van der Waals surface area (Å²) in [6.07, 6.45) is 2.53. The number of nitrogens with one attached hydrogen (secondary N) is 1. The van der Waals surface area contributed by atoms with Crippen LogP contribution in [0, 0.1) is 0 Å². The smallest absolute Gasteiger partial charge is 0.138 e. The van der Waals surface area contributed by atoms with Gasteiger partial charge in [-0.25, -0.2) is 4.98 Å². The summed E-state index contributed by atoms with van der Waals surface area (Å²) < 4.78 is 11.4. The highest BCUT2D eigenvalue weighted by molar-refractivity contribution is 5.79. The summed E-state index contributed by atoms with van der Waals surface area (Å²) in [6, 6.07) is 16.4. The van der Waals surface area contributed by atoms with Crippen LogP contribution < -0.4 is 0 Å². The molecule has 4 heteroatoms. The molecule has 0 radical (unpaired) electrons. The molecule has 3 aromatic rings. The van der Waals surface area contributed by atoms with E-state index in [1.807, 2.05) is 30.3 Å². The first-order valence-electron chi connectivity index (χ1n) is 8.12. The van der Waals surface area contributed by atoms with Crippen LogP contribution in [0.3, 0.4) is 0 Å². The van der Waals surface area contributed by atoms with Gasteiger partial charge in [0, 0.05) is 12.2 Å². The SMILES string of the molecule is c1cc(COCC2CCCO2)cc(-c2nc3ccccc3[nH]2)c1. The number of benzene rings is 2. The van der Waals surface area contributed by atoms with Crippen LogP contribution in [-0.2, 0) is 16.1 Å². The third-order valence-electron chi connectivity index (χ3n) is 4.19. The average Bonchev–Trinajstić information content (AvgIpc) is 3.24. The number of fused-ring (bicyclic) bond motifs is 1. The van der Waals surface area contributed by atoms with Crippen LogP contribution in [0.15, 0.2) is 48.5 Å². The molecule has 1 aromatic heterocycles. The molecular formula is C19H20N2O2. The lowest BCUT2D eigenvalue weighted by Crippen LogP contribution is -2.13. The number of nitrogens with zero attached hydrogens (tertiary/aromatic N) is 1. The number of aromatic nitrogens is 2. The van der Waals surface area contributed by atoms with Gasteiger partial charge in [0.05, 0.1) is 30.4 Å². The fourth-order valence-corrected chi connectivity index (χ4v) is 2.98. The zero-order valence-corrected chi connectivity index (χ0v) is 13.0. The van der Waals surface area contributed by atoms with Crippen LogP contribution in [0.4, 0.5) is 0 Å². The molecule has 1 saturated heterocycles. The molecule has 0 saturated carbocycles. The van der Waals surface area contributed by atoms with E-state index < -0.39 is 0 Å². The summed E-state index contributed by atoms with van der Waals surface area (Å²) in [6.45, 7) is 2.15. The molecule has 1 atom stereocenters. The molecular weight excluding hydrogens is 288 g/mol. The molecule has 1 aliphatic heterocycles. The van der Waals surface area contributed by atoms with Gasteiger partial charge in [-0.3, -0.25) is 0 Å². The normalized spacial score (nSPS) is 17.8. The van der Waals surface area contributed by atoms with Crippen molar-refractivity contribution in [3.8, 4) is 11.4 Å². The molecule has 1 fully saturated rings. The summed E-state index contributed by atoms with van der Waals surface area (Å²) >= 11 is 0. The molecule has 0 spiro atoms. The van der Waals surface area contributed by atoms with E-state index in [1.165, 1.54) is 0 Å². The molecule has 0 bridgehead atoms. The summed E-state index contributed by atoms with van der Waals surface area (Å²) in [7, 11) is 0. The number of hydrogen-bond donors (Lipinski definition) is 1. The van der Waals surface area contributed by atoms with Gasteiger partial charge in [-0.1, -0.05) is 30.3 Å². The Morgan fingerprint density at radius 1 is 1.17 bits per heavy atom. The van der Waals surface area contributed by atoms with Gasteiger partial charge in [0.15, 0.2) is 0 Å². The Bertz CT molecular complexity index is 758. The molecule has 4 nitrogen and oxygen atoms in total.